The van der Waals surface area contributed by atoms with Crippen molar-refractivity contribution in [2.24, 2.45) is 5.41 Å². The smallest absolute Gasteiger partial charge is 0.410 e. The molecule has 0 aliphatic heterocycles. The highest BCUT2D eigenvalue weighted by Gasteiger charge is 2.31. The molecular weight excluding hydrogens is 467 g/mol. The van der Waals surface area contributed by atoms with Crippen LogP contribution in [0.15, 0.2) is 23.0 Å². The van der Waals surface area contributed by atoms with E-state index >= 15 is 0 Å². The van der Waals surface area contributed by atoms with Crippen molar-refractivity contribution >= 4 is 12.0 Å². The minimum atomic E-state index is -0.902. The van der Waals surface area contributed by atoms with Crippen molar-refractivity contribution in [3.8, 4) is 5.75 Å². The number of H-pyrrole nitrogens is 1. The lowest BCUT2D eigenvalue weighted by Crippen LogP contribution is -2.38. The van der Waals surface area contributed by atoms with Crippen molar-refractivity contribution in [3.63, 3.8) is 0 Å². The van der Waals surface area contributed by atoms with Crippen molar-refractivity contribution in [1.29, 1.82) is 0 Å². The average Bonchev–Trinajstić information content (AvgIpc) is 2.74. The van der Waals surface area contributed by atoms with Crippen LogP contribution < -0.4 is 10.9 Å². The Kier molecular flexibility index (Phi) is 8.88. The van der Waals surface area contributed by atoms with Crippen LogP contribution in [0.5, 0.6) is 5.75 Å². The number of halogens is 1. The lowest BCUT2D eigenvalue weighted by Gasteiger charge is -2.32. The number of amides is 2. The highest BCUT2D eigenvalue weighted by atomic mass is 19.1. The maximum Gasteiger partial charge on any atom is 0.410 e. The van der Waals surface area contributed by atoms with E-state index in [4.69, 9.17) is 4.74 Å². The van der Waals surface area contributed by atoms with E-state index in [1.807, 2.05) is 20.8 Å². The first-order valence-electron chi connectivity index (χ1n) is 11.8. The first kappa shape index (κ1) is 28.8. The molecule has 0 radical (unpaired) electrons. The van der Waals surface area contributed by atoms with Crippen molar-refractivity contribution in [2.75, 3.05) is 7.05 Å². The first-order valence-corrected chi connectivity index (χ1v) is 11.8. The quantitative estimate of drug-likeness (QED) is 0.507. The molecule has 0 saturated carbocycles. The van der Waals surface area contributed by atoms with E-state index in [0.29, 0.717) is 24.0 Å². The first-order chi connectivity index (χ1) is 16.5. The number of carbonyl (C=O) groups is 2. The van der Waals surface area contributed by atoms with E-state index in [2.05, 4.69) is 15.3 Å². The highest BCUT2D eigenvalue weighted by Crippen LogP contribution is 2.30. The Hall–Kier alpha value is -3.43. The van der Waals surface area contributed by atoms with Crippen LogP contribution in [0.2, 0.25) is 0 Å². The van der Waals surface area contributed by atoms with Crippen LogP contribution in [0.3, 0.4) is 0 Å². The van der Waals surface area contributed by atoms with Gasteiger partial charge in [0.1, 0.15) is 17.2 Å². The van der Waals surface area contributed by atoms with E-state index in [0.717, 1.165) is 0 Å². The van der Waals surface area contributed by atoms with Gasteiger partial charge in [0.05, 0.1) is 6.04 Å². The largest absolute Gasteiger partial charge is 0.501 e. The van der Waals surface area contributed by atoms with Crippen LogP contribution >= 0.6 is 0 Å². The fraction of sp³-hybridized carbons (Fsp3) is 0.538. The second-order valence-corrected chi connectivity index (χ2v) is 11.1. The Morgan fingerprint density at radius 3 is 2.42 bits per heavy atom. The van der Waals surface area contributed by atoms with Crippen LogP contribution in [0.25, 0.3) is 0 Å². The van der Waals surface area contributed by atoms with Gasteiger partial charge in [0, 0.05) is 13.6 Å². The van der Waals surface area contributed by atoms with Gasteiger partial charge in [-0.15, -0.1) is 0 Å². The average molecular weight is 505 g/mol. The molecule has 0 bridgehead atoms. The summed E-state index contributed by atoms with van der Waals surface area (Å²) in [4.78, 5) is 46.3. The Labute approximate surface area is 211 Å². The van der Waals surface area contributed by atoms with Crippen LogP contribution in [0, 0.1) is 18.2 Å². The molecule has 0 spiro atoms. The number of rotatable bonds is 7. The second-order valence-electron chi connectivity index (χ2n) is 11.1. The third kappa shape index (κ3) is 8.07. The fourth-order valence-electron chi connectivity index (χ4n) is 3.43. The molecular formula is C26H37FN4O5. The minimum absolute atomic E-state index is 0.0362. The Morgan fingerprint density at radius 1 is 1.22 bits per heavy atom. The topological polar surface area (TPSA) is 125 Å². The molecule has 1 unspecified atom stereocenters. The lowest BCUT2D eigenvalue weighted by atomic mass is 9.88. The van der Waals surface area contributed by atoms with Gasteiger partial charge >= 0.3 is 6.09 Å². The van der Waals surface area contributed by atoms with Crippen LogP contribution in [-0.2, 0) is 11.3 Å². The molecule has 0 aliphatic carbocycles. The molecule has 2 rings (SSSR count). The summed E-state index contributed by atoms with van der Waals surface area (Å²) in [5, 5.41) is 12.9. The molecule has 0 fully saturated rings. The second kappa shape index (κ2) is 11.1. The molecule has 1 aromatic heterocycles. The number of benzene rings is 1. The predicted octanol–water partition coefficient (Wildman–Crippen LogP) is 4.59. The van der Waals surface area contributed by atoms with Gasteiger partial charge in [-0.25, -0.2) is 14.2 Å². The molecule has 1 aromatic carbocycles. The number of aromatic amines is 1. The minimum Gasteiger partial charge on any atom is -0.501 e. The molecule has 2 aromatic rings. The van der Waals surface area contributed by atoms with E-state index in [1.165, 1.54) is 24.1 Å². The number of nitrogens with zero attached hydrogens (tertiary/aromatic N) is 2. The van der Waals surface area contributed by atoms with E-state index < -0.39 is 40.6 Å². The molecule has 0 saturated heterocycles. The van der Waals surface area contributed by atoms with E-state index in [1.54, 1.807) is 33.8 Å². The maximum atomic E-state index is 13.5. The molecule has 1 atom stereocenters. The SMILES string of the molecule is Cc1cc(CNC(=O)c2nc(C(CCC(C)(C)C)N(C)C(=O)OC(C)(C)C)[nH]c(=O)c2O)ccc1F. The summed E-state index contributed by atoms with van der Waals surface area (Å²) < 4.78 is 19.0. The molecule has 0 aliphatic rings. The zero-order valence-electron chi connectivity index (χ0n) is 22.3. The fourth-order valence-corrected chi connectivity index (χ4v) is 3.43. The standard InChI is InChI=1S/C26H37FN4O5/c1-15-13-16(9-10-17(15)27)14-28-22(33)19-20(32)23(34)30-21(29-19)18(11-12-25(2,3)4)31(8)24(35)36-26(5,6)7/h9-10,13,18,32H,11-12,14H2,1-8H3,(H,28,33)(H,29,30,34). The summed E-state index contributed by atoms with van der Waals surface area (Å²) in [6.45, 7) is 13.0. The van der Waals surface area contributed by atoms with Gasteiger partial charge in [0.15, 0.2) is 5.69 Å². The number of carbonyl (C=O) groups excluding carboxylic acids is 2. The Bertz CT molecular complexity index is 1160. The lowest BCUT2D eigenvalue weighted by molar-refractivity contribution is 0.0193. The molecule has 198 valence electrons. The van der Waals surface area contributed by atoms with Crippen molar-refractivity contribution in [2.45, 2.75) is 79.5 Å². The van der Waals surface area contributed by atoms with E-state index in [9.17, 15) is 23.9 Å². The molecule has 9 nitrogen and oxygen atoms in total. The summed E-state index contributed by atoms with van der Waals surface area (Å²) >= 11 is 0. The number of aromatic hydroxyl groups is 1. The molecule has 10 heteroatoms. The van der Waals surface area contributed by atoms with Gasteiger partial charge in [0.2, 0.25) is 5.75 Å². The zero-order chi connectivity index (χ0) is 27.4. The van der Waals surface area contributed by atoms with Gasteiger partial charge in [-0.1, -0.05) is 32.9 Å². The number of aromatic nitrogens is 2. The predicted molar refractivity (Wildman–Crippen MR) is 134 cm³/mol. The summed E-state index contributed by atoms with van der Waals surface area (Å²) in [6, 6.07) is 3.69. The zero-order valence-corrected chi connectivity index (χ0v) is 22.3. The monoisotopic (exact) mass is 504 g/mol. The molecule has 2 amide bonds. The van der Waals surface area contributed by atoms with Gasteiger partial charge < -0.3 is 25.0 Å². The summed E-state index contributed by atoms with van der Waals surface area (Å²) in [6.07, 6.45) is 0.471. The summed E-state index contributed by atoms with van der Waals surface area (Å²) in [5.74, 6) is -1.92. The van der Waals surface area contributed by atoms with Crippen molar-refractivity contribution < 1.29 is 23.8 Å². The third-order valence-corrected chi connectivity index (χ3v) is 5.44. The van der Waals surface area contributed by atoms with Crippen LogP contribution in [0.1, 0.15) is 87.9 Å². The van der Waals surface area contributed by atoms with Crippen LogP contribution in [-0.4, -0.2) is 44.6 Å². The summed E-state index contributed by atoms with van der Waals surface area (Å²) in [7, 11) is 1.53. The number of aryl methyl sites for hydroxylation is 1. The molecule has 1 heterocycles. The normalized spacial score (nSPS) is 12.7. The third-order valence-electron chi connectivity index (χ3n) is 5.44. The number of nitrogens with one attached hydrogen (secondary N) is 2. The van der Waals surface area contributed by atoms with Crippen molar-refractivity contribution in [1.82, 2.24) is 20.2 Å². The van der Waals surface area contributed by atoms with Crippen molar-refractivity contribution in [3.05, 3.63) is 57.0 Å². The highest BCUT2D eigenvalue weighted by molar-refractivity contribution is 5.94. The molecule has 36 heavy (non-hydrogen) atoms. The van der Waals surface area contributed by atoms with Gasteiger partial charge in [-0.05, 0) is 63.1 Å². The Balaban J connectivity index is 2.39. The van der Waals surface area contributed by atoms with Gasteiger partial charge in [0.25, 0.3) is 11.5 Å². The van der Waals surface area contributed by atoms with Crippen LogP contribution in [0.4, 0.5) is 9.18 Å². The maximum absolute atomic E-state index is 13.5. The number of ether oxygens (including phenoxy) is 1. The number of hydrogen-bond acceptors (Lipinski definition) is 6. The van der Waals surface area contributed by atoms with E-state index in [-0.39, 0.29) is 23.6 Å². The number of hydrogen-bond donors (Lipinski definition) is 3. The van der Waals surface area contributed by atoms with Gasteiger partial charge in [-0.2, -0.15) is 0 Å². The van der Waals surface area contributed by atoms with Gasteiger partial charge in [-0.3, -0.25) is 9.59 Å². The summed E-state index contributed by atoms with van der Waals surface area (Å²) in [5.41, 5.74) is -1.13. The molecule has 3 N–H and O–H groups in total. The Morgan fingerprint density at radius 2 is 1.86 bits per heavy atom.